The van der Waals surface area contributed by atoms with Gasteiger partial charge in [-0.05, 0) is 31.3 Å². The van der Waals surface area contributed by atoms with Crippen LogP contribution in [0.25, 0.3) is 0 Å². The van der Waals surface area contributed by atoms with Crippen LogP contribution in [0.5, 0.6) is 0 Å². The molecular weight excluding hydrogens is 246 g/mol. The van der Waals surface area contributed by atoms with Crippen molar-refractivity contribution in [2.75, 3.05) is 23.4 Å². The summed E-state index contributed by atoms with van der Waals surface area (Å²) in [6.45, 7) is 2.80. The lowest BCUT2D eigenvalue weighted by Gasteiger charge is -2.21. The van der Waals surface area contributed by atoms with Crippen LogP contribution in [0.2, 0.25) is 0 Å². The molecule has 2 rings (SSSR count). The molecule has 1 aromatic heterocycles. The number of nitrogens with zero attached hydrogens (tertiary/aromatic N) is 2. The van der Waals surface area contributed by atoms with Crippen molar-refractivity contribution in [3.63, 3.8) is 0 Å². The first-order valence-corrected chi connectivity index (χ1v) is 7.83. The molecule has 0 spiro atoms. The standard InChI is InChI=1S/C9H15N3O2S2/c1-3-12(6-4-5-6)9-7(16(2,13)14)8(10)11-15-9/h6H,3-5H2,1-2H3,(H2,10,11). The molecule has 0 amide bonds. The van der Waals surface area contributed by atoms with Gasteiger partial charge < -0.3 is 10.6 Å². The van der Waals surface area contributed by atoms with E-state index in [9.17, 15) is 8.42 Å². The minimum Gasteiger partial charge on any atom is -0.382 e. The molecule has 1 aliphatic rings. The zero-order chi connectivity index (χ0) is 11.9. The molecule has 1 heterocycles. The highest BCUT2D eigenvalue weighted by atomic mass is 32.2. The number of hydrogen-bond acceptors (Lipinski definition) is 6. The molecule has 0 saturated heterocycles. The number of anilines is 2. The molecule has 1 fully saturated rings. The average Bonchev–Trinajstić information content (AvgIpc) is 2.90. The van der Waals surface area contributed by atoms with Crippen molar-refractivity contribution in [2.45, 2.75) is 30.7 Å². The van der Waals surface area contributed by atoms with Crippen LogP contribution in [-0.4, -0.2) is 31.6 Å². The summed E-state index contributed by atoms with van der Waals surface area (Å²) in [7, 11) is -3.30. The van der Waals surface area contributed by atoms with Crippen molar-refractivity contribution < 1.29 is 8.42 Å². The van der Waals surface area contributed by atoms with Crippen LogP contribution in [0.1, 0.15) is 19.8 Å². The Morgan fingerprint density at radius 1 is 1.56 bits per heavy atom. The highest BCUT2D eigenvalue weighted by Crippen LogP contribution is 2.40. The maximum Gasteiger partial charge on any atom is 0.182 e. The Labute approximate surface area is 99.3 Å². The van der Waals surface area contributed by atoms with Crippen LogP contribution in [0.15, 0.2) is 4.90 Å². The van der Waals surface area contributed by atoms with Gasteiger partial charge >= 0.3 is 0 Å². The first-order valence-electron chi connectivity index (χ1n) is 5.17. The molecule has 0 aromatic carbocycles. The summed E-state index contributed by atoms with van der Waals surface area (Å²) in [4.78, 5) is 2.29. The van der Waals surface area contributed by atoms with E-state index in [4.69, 9.17) is 5.73 Å². The van der Waals surface area contributed by atoms with Crippen molar-refractivity contribution in [1.82, 2.24) is 4.37 Å². The molecule has 2 N–H and O–H groups in total. The molecule has 0 bridgehead atoms. The summed E-state index contributed by atoms with van der Waals surface area (Å²) in [6, 6.07) is 0.463. The van der Waals surface area contributed by atoms with E-state index in [0.29, 0.717) is 11.0 Å². The molecule has 90 valence electrons. The van der Waals surface area contributed by atoms with E-state index in [-0.39, 0.29) is 10.7 Å². The van der Waals surface area contributed by atoms with Crippen LogP contribution < -0.4 is 10.6 Å². The average molecular weight is 261 g/mol. The summed E-state index contributed by atoms with van der Waals surface area (Å²) < 4.78 is 27.3. The minimum absolute atomic E-state index is 0.126. The molecule has 0 unspecified atom stereocenters. The predicted molar refractivity (Wildman–Crippen MR) is 65.7 cm³/mol. The highest BCUT2D eigenvalue weighted by molar-refractivity contribution is 7.91. The van der Waals surface area contributed by atoms with Crippen molar-refractivity contribution in [1.29, 1.82) is 0 Å². The second-order valence-electron chi connectivity index (χ2n) is 3.99. The Hall–Kier alpha value is -0.820. The third-order valence-corrected chi connectivity index (χ3v) is 4.79. The van der Waals surface area contributed by atoms with E-state index < -0.39 is 9.84 Å². The van der Waals surface area contributed by atoms with E-state index in [0.717, 1.165) is 19.4 Å². The quantitative estimate of drug-likeness (QED) is 0.879. The molecule has 1 aromatic rings. The smallest absolute Gasteiger partial charge is 0.182 e. The van der Waals surface area contributed by atoms with Crippen molar-refractivity contribution >= 4 is 32.2 Å². The lowest BCUT2D eigenvalue weighted by atomic mass is 10.4. The van der Waals surface area contributed by atoms with E-state index >= 15 is 0 Å². The van der Waals surface area contributed by atoms with Crippen LogP contribution in [-0.2, 0) is 9.84 Å². The molecular formula is C9H15N3O2S2. The number of sulfone groups is 1. The van der Waals surface area contributed by atoms with Crippen molar-refractivity contribution in [2.24, 2.45) is 0 Å². The monoisotopic (exact) mass is 261 g/mol. The van der Waals surface area contributed by atoms with Crippen LogP contribution in [0.4, 0.5) is 10.8 Å². The zero-order valence-electron chi connectivity index (χ0n) is 9.30. The number of aromatic nitrogens is 1. The summed E-state index contributed by atoms with van der Waals surface area (Å²) in [5.74, 6) is 0.126. The van der Waals surface area contributed by atoms with E-state index in [1.54, 1.807) is 0 Å². The van der Waals surface area contributed by atoms with Gasteiger partial charge in [-0.1, -0.05) is 0 Å². The van der Waals surface area contributed by atoms with E-state index in [1.165, 1.54) is 17.8 Å². The molecule has 0 aliphatic heterocycles. The van der Waals surface area contributed by atoms with Gasteiger partial charge in [0.25, 0.3) is 0 Å². The normalized spacial score (nSPS) is 16.4. The highest BCUT2D eigenvalue weighted by Gasteiger charge is 2.33. The Morgan fingerprint density at radius 3 is 2.62 bits per heavy atom. The second-order valence-corrected chi connectivity index (χ2v) is 6.70. The van der Waals surface area contributed by atoms with Crippen molar-refractivity contribution in [3.05, 3.63) is 0 Å². The molecule has 5 nitrogen and oxygen atoms in total. The van der Waals surface area contributed by atoms with E-state index in [2.05, 4.69) is 9.27 Å². The fourth-order valence-corrected chi connectivity index (χ4v) is 4.10. The van der Waals surface area contributed by atoms with Gasteiger partial charge in [0.2, 0.25) is 0 Å². The summed E-state index contributed by atoms with van der Waals surface area (Å²) in [5.41, 5.74) is 5.63. The number of nitrogen functional groups attached to an aromatic ring is 1. The van der Waals surface area contributed by atoms with Gasteiger partial charge in [-0.2, -0.15) is 4.37 Å². The first-order chi connectivity index (χ1) is 7.45. The van der Waals surface area contributed by atoms with Gasteiger partial charge in [0.15, 0.2) is 15.7 Å². The van der Waals surface area contributed by atoms with Gasteiger partial charge in [-0.3, -0.25) is 0 Å². The lowest BCUT2D eigenvalue weighted by molar-refractivity contribution is 0.602. The summed E-state index contributed by atoms with van der Waals surface area (Å²) >= 11 is 1.18. The number of hydrogen-bond donors (Lipinski definition) is 1. The van der Waals surface area contributed by atoms with Crippen LogP contribution in [0.3, 0.4) is 0 Å². The lowest BCUT2D eigenvalue weighted by Crippen LogP contribution is -2.25. The summed E-state index contributed by atoms with van der Waals surface area (Å²) in [5, 5.41) is 0.699. The molecule has 1 saturated carbocycles. The van der Waals surface area contributed by atoms with Crippen LogP contribution >= 0.6 is 11.5 Å². The van der Waals surface area contributed by atoms with Gasteiger partial charge in [0.05, 0.1) is 0 Å². The third-order valence-electron chi connectivity index (χ3n) is 2.62. The predicted octanol–water partition coefficient (Wildman–Crippen LogP) is 1.12. The fraction of sp³-hybridized carbons (Fsp3) is 0.667. The molecule has 1 aliphatic carbocycles. The van der Waals surface area contributed by atoms with Crippen molar-refractivity contribution in [3.8, 4) is 0 Å². The maximum absolute atomic E-state index is 11.7. The summed E-state index contributed by atoms with van der Waals surface area (Å²) in [6.07, 6.45) is 3.42. The maximum atomic E-state index is 11.7. The molecule has 16 heavy (non-hydrogen) atoms. The third kappa shape index (κ3) is 2.01. The largest absolute Gasteiger partial charge is 0.382 e. The van der Waals surface area contributed by atoms with Gasteiger partial charge in [-0.25, -0.2) is 8.42 Å². The van der Waals surface area contributed by atoms with Gasteiger partial charge in [0, 0.05) is 18.8 Å². The van der Waals surface area contributed by atoms with Gasteiger partial charge in [-0.15, -0.1) is 0 Å². The first kappa shape index (κ1) is 11.7. The molecule has 7 heteroatoms. The Morgan fingerprint density at radius 2 is 2.19 bits per heavy atom. The Kier molecular flexibility index (Phi) is 2.83. The minimum atomic E-state index is -3.30. The topological polar surface area (TPSA) is 76.3 Å². The van der Waals surface area contributed by atoms with Gasteiger partial charge in [0.1, 0.15) is 9.90 Å². The zero-order valence-corrected chi connectivity index (χ0v) is 10.9. The number of rotatable bonds is 4. The second kappa shape index (κ2) is 3.89. The van der Waals surface area contributed by atoms with E-state index in [1.807, 2.05) is 6.92 Å². The Bertz CT molecular complexity index is 491. The fourth-order valence-electron chi connectivity index (χ4n) is 1.77. The SMILES string of the molecule is CCN(c1snc(N)c1S(C)(=O)=O)C1CC1. The number of nitrogens with two attached hydrogens (primary N) is 1. The Balaban J connectivity index is 2.48. The molecule has 0 radical (unpaired) electrons. The molecule has 0 atom stereocenters. The van der Waals surface area contributed by atoms with Crippen LogP contribution in [0, 0.1) is 0 Å².